The molecule has 2 aromatic carbocycles. The van der Waals surface area contributed by atoms with Crippen molar-refractivity contribution in [1.82, 2.24) is 0 Å². The zero-order valence-electron chi connectivity index (χ0n) is 11.3. The SMILES string of the molecule is CC(OCCC#N)N(C)c1cccc2ccccc12. The van der Waals surface area contributed by atoms with E-state index in [1.54, 1.807) is 0 Å². The van der Waals surface area contributed by atoms with Crippen molar-refractivity contribution in [1.29, 1.82) is 5.26 Å². The Labute approximate surface area is 114 Å². The van der Waals surface area contributed by atoms with Crippen LogP contribution in [0.1, 0.15) is 13.3 Å². The largest absolute Gasteiger partial charge is 0.358 e. The molecule has 0 aliphatic carbocycles. The first-order valence-corrected chi connectivity index (χ1v) is 6.43. The number of hydrogen-bond acceptors (Lipinski definition) is 3. The number of anilines is 1. The molecule has 98 valence electrons. The van der Waals surface area contributed by atoms with Gasteiger partial charge in [0.25, 0.3) is 0 Å². The van der Waals surface area contributed by atoms with Gasteiger partial charge in [0.05, 0.1) is 19.1 Å². The van der Waals surface area contributed by atoms with Crippen molar-refractivity contribution >= 4 is 16.5 Å². The van der Waals surface area contributed by atoms with Crippen LogP contribution in [-0.2, 0) is 4.74 Å². The molecule has 0 bridgehead atoms. The smallest absolute Gasteiger partial charge is 0.127 e. The van der Waals surface area contributed by atoms with E-state index in [0.717, 1.165) is 5.69 Å². The van der Waals surface area contributed by atoms with Gasteiger partial charge < -0.3 is 9.64 Å². The summed E-state index contributed by atoms with van der Waals surface area (Å²) in [4.78, 5) is 2.10. The minimum Gasteiger partial charge on any atom is -0.358 e. The number of fused-ring (bicyclic) bond motifs is 1. The van der Waals surface area contributed by atoms with E-state index in [1.165, 1.54) is 10.8 Å². The number of ether oxygens (including phenoxy) is 1. The summed E-state index contributed by atoms with van der Waals surface area (Å²) in [6.07, 6.45) is 0.368. The van der Waals surface area contributed by atoms with Crippen molar-refractivity contribution in [3.63, 3.8) is 0 Å². The van der Waals surface area contributed by atoms with Crippen LogP contribution in [0.25, 0.3) is 10.8 Å². The highest BCUT2D eigenvalue weighted by atomic mass is 16.5. The van der Waals surface area contributed by atoms with Crippen LogP contribution in [0, 0.1) is 11.3 Å². The highest BCUT2D eigenvalue weighted by molar-refractivity contribution is 5.94. The average molecular weight is 254 g/mol. The topological polar surface area (TPSA) is 36.3 Å². The van der Waals surface area contributed by atoms with Crippen LogP contribution in [0.4, 0.5) is 5.69 Å². The summed E-state index contributed by atoms with van der Waals surface area (Å²) in [5, 5.41) is 11.0. The van der Waals surface area contributed by atoms with Crippen LogP contribution in [0.2, 0.25) is 0 Å². The number of benzene rings is 2. The standard InChI is InChI=1S/C16H18N2O/c1-13(19-12-6-11-17)18(2)16-10-5-8-14-7-3-4-9-15(14)16/h3-5,7-10,13H,6,12H2,1-2H3. The van der Waals surface area contributed by atoms with Gasteiger partial charge in [-0.15, -0.1) is 0 Å². The van der Waals surface area contributed by atoms with E-state index in [1.807, 2.05) is 26.1 Å². The summed E-state index contributed by atoms with van der Waals surface area (Å²) in [6.45, 7) is 2.46. The summed E-state index contributed by atoms with van der Waals surface area (Å²) in [5.41, 5.74) is 1.14. The van der Waals surface area contributed by atoms with Gasteiger partial charge in [-0.25, -0.2) is 0 Å². The third kappa shape index (κ3) is 3.04. The van der Waals surface area contributed by atoms with Gasteiger partial charge in [-0.1, -0.05) is 36.4 Å². The Balaban J connectivity index is 2.21. The first-order valence-electron chi connectivity index (χ1n) is 6.43. The molecular weight excluding hydrogens is 236 g/mol. The van der Waals surface area contributed by atoms with E-state index in [9.17, 15) is 0 Å². The molecule has 1 atom stereocenters. The molecule has 1 unspecified atom stereocenters. The number of hydrogen-bond donors (Lipinski definition) is 0. The molecule has 0 heterocycles. The molecule has 0 N–H and O–H groups in total. The predicted octanol–water partition coefficient (Wildman–Crippen LogP) is 3.55. The summed E-state index contributed by atoms with van der Waals surface area (Å²) in [7, 11) is 2.01. The van der Waals surface area contributed by atoms with Crippen molar-refractivity contribution in [2.75, 3.05) is 18.6 Å². The van der Waals surface area contributed by atoms with E-state index in [2.05, 4.69) is 41.3 Å². The lowest BCUT2D eigenvalue weighted by atomic mass is 10.1. The molecule has 0 aliphatic rings. The van der Waals surface area contributed by atoms with Crippen molar-refractivity contribution < 1.29 is 4.74 Å². The molecule has 0 radical (unpaired) electrons. The number of nitrogens with zero attached hydrogens (tertiary/aromatic N) is 2. The molecule has 0 aliphatic heterocycles. The van der Waals surface area contributed by atoms with Crippen LogP contribution in [-0.4, -0.2) is 19.9 Å². The quantitative estimate of drug-likeness (QED) is 0.604. The van der Waals surface area contributed by atoms with Crippen molar-refractivity contribution in [2.45, 2.75) is 19.6 Å². The minimum atomic E-state index is -0.0563. The van der Waals surface area contributed by atoms with E-state index >= 15 is 0 Å². The molecule has 2 aromatic rings. The Morgan fingerprint density at radius 2 is 1.95 bits per heavy atom. The predicted molar refractivity (Wildman–Crippen MR) is 78.0 cm³/mol. The third-order valence-electron chi connectivity index (χ3n) is 3.26. The second-order valence-corrected chi connectivity index (χ2v) is 4.49. The van der Waals surface area contributed by atoms with E-state index in [0.29, 0.717) is 13.0 Å². The van der Waals surface area contributed by atoms with Gasteiger partial charge in [-0.3, -0.25) is 0 Å². The Morgan fingerprint density at radius 1 is 1.21 bits per heavy atom. The molecule has 0 aromatic heterocycles. The van der Waals surface area contributed by atoms with Crippen LogP contribution >= 0.6 is 0 Å². The minimum absolute atomic E-state index is 0.0563. The summed E-state index contributed by atoms with van der Waals surface area (Å²) >= 11 is 0. The summed E-state index contributed by atoms with van der Waals surface area (Å²) in [5.74, 6) is 0. The lowest BCUT2D eigenvalue weighted by Crippen LogP contribution is -2.31. The average Bonchev–Trinajstić information content (AvgIpc) is 2.46. The van der Waals surface area contributed by atoms with Crippen molar-refractivity contribution in [2.24, 2.45) is 0 Å². The number of rotatable bonds is 5. The monoisotopic (exact) mass is 254 g/mol. The second-order valence-electron chi connectivity index (χ2n) is 4.49. The van der Waals surface area contributed by atoms with Crippen molar-refractivity contribution in [3.8, 4) is 6.07 Å². The van der Waals surface area contributed by atoms with Gasteiger partial charge in [0, 0.05) is 18.1 Å². The van der Waals surface area contributed by atoms with Crippen LogP contribution < -0.4 is 4.90 Å². The highest BCUT2D eigenvalue weighted by Crippen LogP contribution is 2.27. The Bertz CT molecular complexity index is 583. The summed E-state index contributed by atoms with van der Waals surface area (Å²) in [6, 6.07) is 16.6. The summed E-state index contributed by atoms with van der Waals surface area (Å²) < 4.78 is 5.65. The van der Waals surface area contributed by atoms with Crippen LogP contribution in [0.15, 0.2) is 42.5 Å². The first-order chi connectivity index (χ1) is 9.24. The van der Waals surface area contributed by atoms with Crippen LogP contribution in [0.5, 0.6) is 0 Å². The normalized spacial score (nSPS) is 12.1. The molecule has 3 nitrogen and oxygen atoms in total. The third-order valence-corrected chi connectivity index (χ3v) is 3.26. The molecule has 0 spiro atoms. The highest BCUT2D eigenvalue weighted by Gasteiger charge is 2.12. The van der Waals surface area contributed by atoms with Gasteiger partial charge in [0.15, 0.2) is 0 Å². The van der Waals surface area contributed by atoms with E-state index < -0.39 is 0 Å². The molecule has 0 saturated heterocycles. The molecule has 3 heteroatoms. The molecule has 0 saturated carbocycles. The lowest BCUT2D eigenvalue weighted by Gasteiger charge is -2.28. The van der Waals surface area contributed by atoms with Gasteiger partial charge in [0.2, 0.25) is 0 Å². The molecule has 19 heavy (non-hydrogen) atoms. The zero-order chi connectivity index (χ0) is 13.7. The molecule has 2 rings (SSSR count). The van der Waals surface area contributed by atoms with Gasteiger partial charge >= 0.3 is 0 Å². The molecule has 0 amide bonds. The van der Waals surface area contributed by atoms with E-state index in [4.69, 9.17) is 10.00 Å². The zero-order valence-corrected chi connectivity index (χ0v) is 11.3. The van der Waals surface area contributed by atoms with Crippen LogP contribution in [0.3, 0.4) is 0 Å². The first kappa shape index (κ1) is 13.4. The molecule has 0 fully saturated rings. The Hall–Kier alpha value is -2.05. The lowest BCUT2D eigenvalue weighted by molar-refractivity contribution is 0.0712. The van der Waals surface area contributed by atoms with Crippen molar-refractivity contribution in [3.05, 3.63) is 42.5 Å². The Morgan fingerprint density at radius 3 is 2.74 bits per heavy atom. The Kier molecular flexibility index (Phi) is 4.38. The maximum Gasteiger partial charge on any atom is 0.127 e. The van der Waals surface area contributed by atoms with E-state index in [-0.39, 0.29) is 6.23 Å². The maximum atomic E-state index is 8.53. The molecular formula is C16H18N2O. The number of nitriles is 1. The second kappa shape index (κ2) is 6.21. The maximum absolute atomic E-state index is 8.53. The van der Waals surface area contributed by atoms with Gasteiger partial charge in [-0.2, -0.15) is 5.26 Å². The van der Waals surface area contributed by atoms with Gasteiger partial charge in [0.1, 0.15) is 6.23 Å². The fourth-order valence-electron chi connectivity index (χ4n) is 2.10. The van der Waals surface area contributed by atoms with Gasteiger partial charge in [-0.05, 0) is 18.4 Å². The fraction of sp³-hybridized carbons (Fsp3) is 0.312. The fourth-order valence-corrected chi connectivity index (χ4v) is 2.10.